The van der Waals surface area contributed by atoms with Crippen LogP contribution in [0.15, 0.2) is 47.6 Å². The van der Waals surface area contributed by atoms with E-state index in [-0.39, 0.29) is 12.5 Å². The van der Waals surface area contributed by atoms with Crippen LogP contribution in [0.25, 0.3) is 0 Å². The molecule has 2 aromatic rings. The highest BCUT2D eigenvalue weighted by atomic mass is 16.5. The highest BCUT2D eigenvalue weighted by molar-refractivity contribution is 6.39. The van der Waals surface area contributed by atoms with Gasteiger partial charge in [0, 0.05) is 18.8 Å². The maximum absolute atomic E-state index is 12.3. The molecule has 1 fully saturated rings. The van der Waals surface area contributed by atoms with E-state index in [1.807, 2.05) is 26.0 Å². The first-order chi connectivity index (χ1) is 17.0. The lowest BCUT2D eigenvalue weighted by Crippen LogP contribution is -2.43. The van der Waals surface area contributed by atoms with Gasteiger partial charge < -0.3 is 24.4 Å². The van der Waals surface area contributed by atoms with Gasteiger partial charge in [-0.15, -0.1) is 0 Å². The molecule has 10 nitrogen and oxygen atoms in total. The first-order valence-electron chi connectivity index (χ1n) is 11.5. The highest BCUT2D eigenvalue weighted by Crippen LogP contribution is 2.28. The van der Waals surface area contributed by atoms with Gasteiger partial charge in [-0.3, -0.25) is 14.4 Å². The van der Waals surface area contributed by atoms with Gasteiger partial charge in [0.2, 0.25) is 0 Å². The van der Waals surface area contributed by atoms with Crippen molar-refractivity contribution >= 4 is 29.6 Å². The van der Waals surface area contributed by atoms with Crippen LogP contribution >= 0.6 is 0 Å². The number of carbonyl (C=O) groups excluding carboxylic acids is 3. The van der Waals surface area contributed by atoms with Gasteiger partial charge in [0.25, 0.3) is 5.91 Å². The summed E-state index contributed by atoms with van der Waals surface area (Å²) in [4.78, 5) is 38.1. The summed E-state index contributed by atoms with van der Waals surface area (Å²) in [5.41, 5.74) is 4.46. The number of aryl methyl sites for hydroxylation is 1. The maximum atomic E-state index is 12.3. The predicted molar refractivity (Wildman–Crippen MR) is 131 cm³/mol. The molecule has 0 radical (unpaired) electrons. The molecule has 1 aliphatic heterocycles. The van der Waals surface area contributed by atoms with Crippen molar-refractivity contribution in [2.75, 3.05) is 44.8 Å². The minimum absolute atomic E-state index is 0.111. The number of amides is 3. The van der Waals surface area contributed by atoms with Crippen molar-refractivity contribution in [1.82, 2.24) is 10.3 Å². The van der Waals surface area contributed by atoms with Crippen molar-refractivity contribution in [2.45, 2.75) is 20.3 Å². The van der Waals surface area contributed by atoms with E-state index in [1.165, 1.54) is 6.21 Å². The fourth-order valence-electron chi connectivity index (χ4n) is 3.26. The van der Waals surface area contributed by atoms with Gasteiger partial charge in [-0.2, -0.15) is 5.10 Å². The van der Waals surface area contributed by atoms with Crippen LogP contribution in [0.2, 0.25) is 0 Å². The zero-order valence-electron chi connectivity index (χ0n) is 19.9. The number of carbonyl (C=O) groups is 3. The molecule has 1 heterocycles. The molecule has 0 unspecified atom stereocenters. The van der Waals surface area contributed by atoms with Crippen LogP contribution in [0.3, 0.4) is 0 Å². The number of benzene rings is 2. The van der Waals surface area contributed by atoms with Crippen molar-refractivity contribution < 1.29 is 28.6 Å². The molecule has 0 spiro atoms. The zero-order valence-corrected chi connectivity index (χ0v) is 19.9. The van der Waals surface area contributed by atoms with E-state index in [1.54, 1.807) is 35.2 Å². The minimum Gasteiger partial charge on any atom is -0.490 e. The third-order valence-electron chi connectivity index (χ3n) is 5.19. The molecule has 2 N–H and O–H groups in total. The van der Waals surface area contributed by atoms with E-state index < -0.39 is 11.8 Å². The van der Waals surface area contributed by atoms with Crippen molar-refractivity contribution in [1.29, 1.82) is 0 Å². The molecule has 1 aliphatic rings. The van der Waals surface area contributed by atoms with Crippen molar-refractivity contribution in [3.8, 4) is 11.5 Å². The second-order valence-electron chi connectivity index (χ2n) is 7.62. The molecule has 2 aromatic carbocycles. The van der Waals surface area contributed by atoms with Crippen molar-refractivity contribution in [2.24, 2.45) is 5.10 Å². The largest absolute Gasteiger partial charge is 0.490 e. The van der Waals surface area contributed by atoms with Gasteiger partial charge in [-0.1, -0.05) is 19.1 Å². The van der Waals surface area contributed by atoms with Crippen LogP contribution in [-0.4, -0.2) is 68.4 Å². The Bertz CT molecular complexity index is 1050. The van der Waals surface area contributed by atoms with Gasteiger partial charge in [0.05, 0.1) is 26.0 Å². The quantitative estimate of drug-likeness (QED) is 0.321. The van der Waals surface area contributed by atoms with Gasteiger partial charge in [-0.05, 0) is 54.8 Å². The number of nitrogens with zero attached hydrogens (tertiary/aromatic N) is 2. The van der Waals surface area contributed by atoms with Crippen LogP contribution in [0.4, 0.5) is 5.69 Å². The van der Waals surface area contributed by atoms with Gasteiger partial charge in [0.1, 0.15) is 0 Å². The molecule has 35 heavy (non-hydrogen) atoms. The Morgan fingerprint density at radius 3 is 2.43 bits per heavy atom. The Hall–Kier alpha value is -3.92. The van der Waals surface area contributed by atoms with Crippen molar-refractivity contribution in [3.63, 3.8) is 0 Å². The minimum atomic E-state index is -0.896. The summed E-state index contributed by atoms with van der Waals surface area (Å²) in [6.45, 7) is 6.28. The summed E-state index contributed by atoms with van der Waals surface area (Å²) < 4.78 is 16.6. The van der Waals surface area contributed by atoms with E-state index in [9.17, 15) is 14.4 Å². The molecule has 0 saturated carbocycles. The Balaban J connectivity index is 1.54. The molecule has 10 heteroatoms. The van der Waals surface area contributed by atoms with E-state index in [0.717, 1.165) is 12.0 Å². The second-order valence-corrected chi connectivity index (χ2v) is 7.62. The van der Waals surface area contributed by atoms with Gasteiger partial charge >= 0.3 is 11.8 Å². The summed E-state index contributed by atoms with van der Waals surface area (Å²) in [6, 6.07) is 12.3. The number of anilines is 1. The second kappa shape index (κ2) is 13.1. The molecule has 0 aliphatic carbocycles. The molecular weight excluding hydrogens is 452 g/mol. The normalized spacial score (nSPS) is 13.4. The van der Waals surface area contributed by atoms with Crippen molar-refractivity contribution in [3.05, 3.63) is 53.6 Å². The molecule has 0 bridgehead atoms. The summed E-state index contributed by atoms with van der Waals surface area (Å²) in [5, 5.41) is 6.37. The SMILES string of the molecule is CCOc1cc(/C=N\NC(=O)C(=O)Nc2ccc(CC)cc2)ccc1OCC(=O)N1CCOCC1. The number of hydrogen-bond acceptors (Lipinski definition) is 7. The molecule has 1 saturated heterocycles. The molecular formula is C25H30N4O6. The predicted octanol–water partition coefficient (Wildman–Crippen LogP) is 1.97. The lowest BCUT2D eigenvalue weighted by molar-refractivity contribution is -0.137. The number of rotatable bonds is 9. The fourth-order valence-corrected chi connectivity index (χ4v) is 3.26. The number of hydrazone groups is 1. The molecule has 3 amide bonds. The lowest BCUT2D eigenvalue weighted by atomic mass is 10.1. The Morgan fingerprint density at radius 1 is 1.00 bits per heavy atom. The number of ether oxygens (including phenoxy) is 3. The highest BCUT2D eigenvalue weighted by Gasteiger charge is 2.18. The lowest BCUT2D eigenvalue weighted by Gasteiger charge is -2.26. The number of hydrogen-bond donors (Lipinski definition) is 2. The van der Waals surface area contributed by atoms with E-state index in [2.05, 4.69) is 15.8 Å². The van der Waals surface area contributed by atoms with Crippen LogP contribution in [0.1, 0.15) is 25.0 Å². The standard InChI is InChI=1S/C25H30N4O6/c1-3-18-5-8-20(9-6-18)27-24(31)25(32)28-26-16-19-7-10-21(22(15-19)34-4-2)35-17-23(30)29-11-13-33-14-12-29/h5-10,15-16H,3-4,11-14,17H2,1-2H3,(H,27,31)(H,28,32)/b26-16-. The Labute approximate surface area is 204 Å². The first-order valence-corrected chi connectivity index (χ1v) is 11.5. The first kappa shape index (κ1) is 25.7. The molecule has 3 rings (SSSR count). The number of morpholine rings is 1. The van der Waals surface area contributed by atoms with Gasteiger partial charge in [0.15, 0.2) is 18.1 Å². The van der Waals surface area contributed by atoms with Gasteiger partial charge in [-0.25, -0.2) is 5.43 Å². The summed E-state index contributed by atoms with van der Waals surface area (Å²) in [7, 11) is 0. The van der Waals surface area contributed by atoms with Crippen LogP contribution in [0.5, 0.6) is 11.5 Å². The van der Waals surface area contributed by atoms with E-state index in [4.69, 9.17) is 14.2 Å². The third kappa shape index (κ3) is 7.82. The fraction of sp³-hybridized carbons (Fsp3) is 0.360. The monoisotopic (exact) mass is 482 g/mol. The Kier molecular flexibility index (Phi) is 9.61. The number of nitrogens with one attached hydrogen (secondary N) is 2. The van der Waals surface area contributed by atoms with Crippen LogP contribution < -0.4 is 20.2 Å². The molecule has 186 valence electrons. The van der Waals surface area contributed by atoms with E-state index in [0.29, 0.717) is 55.7 Å². The average Bonchev–Trinajstić information content (AvgIpc) is 2.89. The summed E-state index contributed by atoms with van der Waals surface area (Å²) in [5.74, 6) is -0.986. The Morgan fingerprint density at radius 2 is 1.74 bits per heavy atom. The topological polar surface area (TPSA) is 119 Å². The zero-order chi connectivity index (χ0) is 25.0. The maximum Gasteiger partial charge on any atom is 0.329 e. The summed E-state index contributed by atoms with van der Waals surface area (Å²) in [6.07, 6.45) is 2.26. The smallest absolute Gasteiger partial charge is 0.329 e. The third-order valence-corrected chi connectivity index (χ3v) is 5.19. The summed E-state index contributed by atoms with van der Waals surface area (Å²) >= 11 is 0. The van der Waals surface area contributed by atoms with Crippen LogP contribution in [-0.2, 0) is 25.5 Å². The molecule has 0 aromatic heterocycles. The van der Waals surface area contributed by atoms with Crippen LogP contribution in [0, 0.1) is 0 Å². The molecule has 0 atom stereocenters. The average molecular weight is 483 g/mol. The van der Waals surface area contributed by atoms with E-state index >= 15 is 0 Å².